The van der Waals surface area contributed by atoms with E-state index >= 15 is 0 Å². The number of hydrogen-bond acceptors (Lipinski definition) is 6. The summed E-state index contributed by atoms with van der Waals surface area (Å²) < 4.78 is 5.28. The molecule has 0 fully saturated rings. The molecule has 3 heterocycles. The maximum absolute atomic E-state index is 5.28. The minimum atomic E-state index is 0.354. The van der Waals surface area contributed by atoms with E-state index in [1.165, 1.54) is 23.3 Å². The first kappa shape index (κ1) is 17.2. The van der Waals surface area contributed by atoms with E-state index in [0.29, 0.717) is 17.1 Å². The van der Waals surface area contributed by atoms with Crippen molar-refractivity contribution in [2.75, 3.05) is 5.43 Å². The average molecular weight is 369 g/mol. The zero-order valence-corrected chi connectivity index (χ0v) is 16.3. The van der Waals surface area contributed by atoms with Crippen LogP contribution in [0.5, 0.6) is 0 Å². The Bertz CT molecular complexity index is 927. The van der Waals surface area contributed by atoms with Crippen molar-refractivity contribution in [1.82, 2.24) is 9.97 Å². The van der Waals surface area contributed by atoms with Crippen LogP contribution in [0.3, 0.4) is 0 Å². The summed E-state index contributed by atoms with van der Waals surface area (Å²) in [7, 11) is 0. The molecule has 5 nitrogen and oxygen atoms in total. The molecule has 26 heavy (non-hydrogen) atoms. The van der Waals surface area contributed by atoms with Gasteiger partial charge in [0.05, 0.1) is 17.9 Å². The van der Waals surface area contributed by atoms with Gasteiger partial charge in [0.25, 0.3) is 0 Å². The number of rotatable bonds is 5. The van der Waals surface area contributed by atoms with Crippen LogP contribution in [0, 0.1) is 11.3 Å². The topological polar surface area (TPSA) is 63.3 Å². The van der Waals surface area contributed by atoms with Crippen LogP contribution in [-0.4, -0.2) is 16.2 Å². The Labute approximate surface area is 157 Å². The van der Waals surface area contributed by atoms with Crippen LogP contribution in [0.2, 0.25) is 0 Å². The smallest absolute Gasteiger partial charge is 0.158 e. The van der Waals surface area contributed by atoms with Crippen LogP contribution in [0.4, 0.5) is 5.82 Å². The van der Waals surface area contributed by atoms with Gasteiger partial charge in [-0.3, -0.25) is 5.43 Å². The molecular weight excluding hydrogens is 344 g/mol. The van der Waals surface area contributed by atoms with Crippen LogP contribution in [0.1, 0.15) is 49.8 Å². The normalized spacial score (nSPS) is 17.7. The van der Waals surface area contributed by atoms with Gasteiger partial charge in [0.1, 0.15) is 16.9 Å². The first-order valence-electron chi connectivity index (χ1n) is 9.16. The van der Waals surface area contributed by atoms with Gasteiger partial charge in [0.15, 0.2) is 5.82 Å². The molecule has 1 aliphatic rings. The Morgan fingerprint density at radius 3 is 3.08 bits per heavy atom. The summed E-state index contributed by atoms with van der Waals surface area (Å²) in [5.41, 5.74) is 4.86. The lowest BCUT2D eigenvalue weighted by Crippen LogP contribution is -2.28. The maximum Gasteiger partial charge on any atom is 0.158 e. The third-order valence-corrected chi connectivity index (χ3v) is 6.96. The molecule has 1 atom stereocenters. The lowest BCUT2D eigenvalue weighted by molar-refractivity contribution is 0.184. The molecule has 0 aliphatic heterocycles. The third kappa shape index (κ3) is 3.14. The van der Waals surface area contributed by atoms with Crippen LogP contribution < -0.4 is 5.43 Å². The van der Waals surface area contributed by atoms with Gasteiger partial charge in [0, 0.05) is 4.88 Å². The number of aryl methyl sites for hydroxylation is 1. The van der Waals surface area contributed by atoms with E-state index in [9.17, 15) is 0 Å². The minimum absolute atomic E-state index is 0.354. The highest BCUT2D eigenvalue weighted by Gasteiger charge is 2.33. The Morgan fingerprint density at radius 1 is 1.42 bits per heavy atom. The van der Waals surface area contributed by atoms with Crippen molar-refractivity contribution in [2.45, 2.75) is 46.5 Å². The predicted molar refractivity (Wildman–Crippen MR) is 107 cm³/mol. The molecule has 3 aromatic heterocycles. The number of furan rings is 1. The van der Waals surface area contributed by atoms with Gasteiger partial charge in [-0.2, -0.15) is 5.10 Å². The second-order valence-corrected chi connectivity index (χ2v) is 8.66. The lowest BCUT2D eigenvalue weighted by atomic mass is 9.69. The number of aromatic nitrogens is 2. The monoisotopic (exact) mass is 368 g/mol. The van der Waals surface area contributed by atoms with Gasteiger partial charge in [-0.15, -0.1) is 11.3 Å². The van der Waals surface area contributed by atoms with Crippen molar-refractivity contribution in [1.29, 1.82) is 0 Å². The van der Waals surface area contributed by atoms with Crippen molar-refractivity contribution in [3.05, 3.63) is 40.9 Å². The summed E-state index contributed by atoms with van der Waals surface area (Å²) >= 11 is 1.80. The largest absolute Gasteiger partial charge is 0.463 e. The van der Waals surface area contributed by atoms with Gasteiger partial charge in [-0.05, 0) is 48.3 Å². The Balaban J connectivity index is 1.67. The fourth-order valence-corrected chi connectivity index (χ4v) is 4.85. The summed E-state index contributed by atoms with van der Waals surface area (Å²) in [5, 5.41) is 5.43. The third-order valence-electron chi connectivity index (χ3n) is 5.76. The zero-order chi connectivity index (χ0) is 18.1. The Morgan fingerprint density at radius 2 is 2.31 bits per heavy atom. The molecule has 1 unspecified atom stereocenters. The van der Waals surface area contributed by atoms with Crippen LogP contribution in [0.15, 0.2) is 34.2 Å². The molecule has 0 bridgehead atoms. The van der Waals surface area contributed by atoms with Crippen molar-refractivity contribution in [2.24, 2.45) is 16.4 Å². The van der Waals surface area contributed by atoms with Gasteiger partial charge >= 0.3 is 0 Å². The average Bonchev–Trinajstić information content (AvgIpc) is 3.28. The number of nitrogens with zero attached hydrogens (tertiary/aromatic N) is 3. The fraction of sp³-hybridized carbons (Fsp3) is 0.450. The number of nitrogens with one attached hydrogen (secondary N) is 1. The van der Waals surface area contributed by atoms with Gasteiger partial charge < -0.3 is 4.42 Å². The SMILES string of the molecule is CCC(C)(C)C1CCc2sc3ncnc(N/N=C/c4ccco4)c3c2C1. The Kier molecular flexibility index (Phi) is 4.53. The molecule has 0 saturated heterocycles. The number of anilines is 1. The summed E-state index contributed by atoms with van der Waals surface area (Å²) in [6.07, 6.45) is 9.60. The van der Waals surface area contributed by atoms with Crippen molar-refractivity contribution in [3.8, 4) is 0 Å². The molecule has 1 N–H and O–H groups in total. The predicted octanol–water partition coefficient (Wildman–Crippen LogP) is 5.27. The zero-order valence-electron chi connectivity index (χ0n) is 15.5. The molecule has 3 aromatic rings. The number of thiophene rings is 1. The Hall–Kier alpha value is -2.21. The molecule has 0 radical (unpaired) electrons. The van der Waals surface area contributed by atoms with E-state index < -0.39 is 0 Å². The second kappa shape index (κ2) is 6.83. The van der Waals surface area contributed by atoms with E-state index in [0.717, 1.165) is 28.9 Å². The lowest BCUT2D eigenvalue weighted by Gasteiger charge is -2.36. The van der Waals surface area contributed by atoms with Crippen LogP contribution >= 0.6 is 11.3 Å². The molecular formula is C20H24N4OS. The summed E-state index contributed by atoms with van der Waals surface area (Å²) in [5.74, 6) is 2.18. The number of hydrogen-bond donors (Lipinski definition) is 1. The summed E-state index contributed by atoms with van der Waals surface area (Å²) in [4.78, 5) is 11.5. The standard InChI is InChI=1S/C20H24N4OS/c1-4-20(2,3)13-7-8-16-15(10-13)17-18(21-12-22-19(17)26-16)24-23-11-14-6-5-9-25-14/h5-6,9,11-13H,4,7-8,10H2,1-3H3,(H,21,22,24)/b23-11+. The first-order valence-corrected chi connectivity index (χ1v) is 9.98. The molecule has 6 heteroatoms. The highest BCUT2D eigenvalue weighted by Crippen LogP contribution is 2.45. The quantitative estimate of drug-likeness (QED) is 0.492. The van der Waals surface area contributed by atoms with Crippen molar-refractivity contribution >= 4 is 33.6 Å². The first-order chi connectivity index (χ1) is 12.6. The highest BCUT2D eigenvalue weighted by molar-refractivity contribution is 7.19. The van der Waals surface area contributed by atoms with E-state index in [2.05, 4.69) is 41.3 Å². The second-order valence-electron chi connectivity index (χ2n) is 7.57. The van der Waals surface area contributed by atoms with Gasteiger partial charge in [-0.25, -0.2) is 9.97 Å². The highest BCUT2D eigenvalue weighted by atomic mass is 32.1. The molecule has 0 amide bonds. The van der Waals surface area contributed by atoms with E-state index in [4.69, 9.17) is 4.42 Å². The number of fused-ring (bicyclic) bond motifs is 3. The van der Waals surface area contributed by atoms with Crippen molar-refractivity contribution in [3.63, 3.8) is 0 Å². The molecule has 4 rings (SSSR count). The maximum atomic E-state index is 5.28. The van der Waals surface area contributed by atoms with Crippen LogP contribution in [-0.2, 0) is 12.8 Å². The van der Waals surface area contributed by atoms with Gasteiger partial charge in [0.2, 0.25) is 0 Å². The van der Waals surface area contributed by atoms with E-state index in [1.807, 2.05) is 12.1 Å². The van der Waals surface area contributed by atoms with Crippen LogP contribution in [0.25, 0.3) is 10.2 Å². The van der Waals surface area contributed by atoms with E-state index in [1.54, 1.807) is 30.1 Å². The number of hydrazone groups is 1. The summed E-state index contributed by atoms with van der Waals surface area (Å²) in [6.45, 7) is 7.07. The van der Waals surface area contributed by atoms with Gasteiger partial charge in [-0.1, -0.05) is 27.2 Å². The van der Waals surface area contributed by atoms with E-state index in [-0.39, 0.29) is 0 Å². The summed E-state index contributed by atoms with van der Waals surface area (Å²) in [6, 6.07) is 3.71. The molecule has 1 aliphatic carbocycles. The molecule has 0 spiro atoms. The molecule has 136 valence electrons. The molecule has 0 aromatic carbocycles. The van der Waals surface area contributed by atoms with Crippen molar-refractivity contribution < 1.29 is 4.42 Å². The minimum Gasteiger partial charge on any atom is -0.463 e. The molecule has 0 saturated carbocycles. The fourth-order valence-electron chi connectivity index (χ4n) is 3.67.